The van der Waals surface area contributed by atoms with Crippen LogP contribution in [0.2, 0.25) is 5.02 Å². The zero-order chi connectivity index (χ0) is 26.2. The summed E-state index contributed by atoms with van der Waals surface area (Å²) in [5.41, 5.74) is 5.37. The molecule has 1 aromatic carbocycles. The predicted molar refractivity (Wildman–Crippen MR) is 148 cm³/mol. The number of aromatic nitrogens is 1. The van der Waals surface area contributed by atoms with Crippen molar-refractivity contribution in [3.63, 3.8) is 0 Å². The molecule has 3 aliphatic rings. The van der Waals surface area contributed by atoms with Gasteiger partial charge in [-0.2, -0.15) is 0 Å². The molecule has 6 rings (SSSR count). The zero-order valence-electron chi connectivity index (χ0n) is 22.0. The van der Waals surface area contributed by atoms with Crippen molar-refractivity contribution < 1.29 is 9.59 Å². The Labute approximate surface area is 227 Å². The van der Waals surface area contributed by atoms with Crippen LogP contribution in [0.15, 0.2) is 30.5 Å². The molecule has 1 aliphatic carbocycles. The van der Waals surface area contributed by atoms with E-state index in [1.165, 1.54) is 16.0 Å². The Kier molecular flexibility index (Phi) is 5.99. The molecule has 1 N–H and O–H groups in total. The van der Waals surface area contributed by atoms with Gasteiger partial charge in [0.05, 0.1) is 28.6 Å². The minimum Gasteiger partial charge on any atom is -0.311 e. The Morgan fingerprint density at radius 1 is 1.11 bits per heavy atom. The van der Waals surface area contributed by atoms with E-state index < -0.39 is 0 Å². The molecule has 2 unspecified atom stereocenters. The van der Waals surface area contributed by atoms with Crippen molar-refractivity contribution >= 4 is 45.0 Å². The number of nitrogens with zero attached hydrogens (tertiary/aromatic N) is 3. The molecule has 37 heavy (non-hydrogen) atoms. The lowest BCUT2D eigenvalue weighted by Gasteiger charge is -2.38. The fourth-order valence-corrected chi connectivity index (χ4v) is 7.74. The van der Waals surface area contributed by atoms with E-state index in [4.69, 9.17) is 11.6 Å². The van der Waals surface area contributed by atoms with E-state index in [0.29, 0.717) is 18.6 Å². The Morgan fingerprint density at radius 3 is 2.57 bits per heavy atom. The highest BCUT2D eigenvalue weighted by Crippen LogP contribution is 2.63. The predicted octanol–water partition coefficient (Wildman–Crippen LogP) is 5.25. The van der Waals surface area contributed by atoms with Gasteiger partial charge in [-0.15, -0.1) is 11.3 Å². The van der Waals surface area contributed by atoms with Gasteiger partial charge < -0.3 is 5.32 Å². The Bertz CT molecular complexity index is 1410. The van der Waals surface area contributed by atoms with Crippen LogP contribution in [0.5, 0.6) is 0 Å². The number of hydrogen-bond donors (Lipinski definition) is 1. The first kappa shape index (κ1) is 25.0. The van der Waals surface area contributed by atoms with E-state index in [0.717, 1.165) is 50.9 Å². The first-order valence-corrected chi connectivity index (χ1v) is 14.2. The number of piperazine rings is 1. The maximum absolute atomic E-state index is 12.9. The number of imide groups is 1. The lowest BCUT2D eigenvalue weighted by molar-refractivity contribution is -0.143. The van der Waals surface area contributed by atoms with Crippen LogP contribution in [-0.2, 0) is 22.7 Å². The maximum Gasteiger partial charge on any atom is 0.234 e. The summed E-state index contributed by atoms with van der Waals surface area (Å²) in [6.45, 7) is 13.8. The number of halogens is 1. The molecule has 0 bridgehead atoms. The van der Waals surface area contributed by atoms with E-state index in [9.17, 15) is 9.59 Å². The van der Waals surface area contributed by atoms with Crippen LogP contribution in [0, 0.1) is 24.2 Å². The summed E-state index contributed by atoms with van der Waals surface area (Å²) < 4.78 is 1.06. The Balaban J connectivity index is 1.35. The highest BCUT2D eigenvalue weighted by Gasteiger charge is 2.72. The molecular weight excluding hydrogens is 504 g/mol. The number of rotatable bonds is 5. The van der Waals surface area contributed by atoms with Crippen molar-refractivity contribution in [2.75, 3.05) is 13.1 Å². The van der Waals surface area contributed by atoms with E-state index in [2.05, 4.69) is 48.1 Å². The normalized spacial score (nSPS) is 27.2. The Morgan fingerprint density at radius 2 is 1.84 bits per heavy atom. The lowest BCUT2D eigenvalue weighted by Crippen LogP contribution is -2.53. The van der Waals surface area contributed by atoms with Crippen LogP contribution in [0.3, 0.4) is 0 Å². The summed E-state index contributed by atoms with van der Waals surface area (Å²) in [4.78, 5) is 35.4. The van der Waals surface area contributed by atoms with Gasteiger partial charge in [-0.05, 0) is 67.1 Å². The average Bonchev–Trinajstić information content (AvgIpc) is 3.09. The second-order valence-electron chi connectivity index (χ2n) is 11.7. The molecule has 4 heterocycles. The quantitative estimate of drug-likeness (QED) is 0.451. The number of thiophene rings is 1. The molecule has 194 valence electrons. The van der Waals surface area contributed by atoms with Gasteiger partial charge >= 0.3 is 0 Å². The van der Waals surface area contributed by atoms with Gasteiger partial charge in [-0.1, -0.05) is 25.4 Å². The lowest BCUT2D eigenvalue weighted by atomic mass is 9.95. The zero-order valence-corrected chi connectivity index (χ0v) is 23.5. The number of nitrogens with one attached hydrogen (secondary N) is 1. The second-order valence-corrected chi connectivity index (χ2v) is 13.2. The molecule has 0 spiro atoms. The summed E-state index contributed by atoms with van der Waals surface area (Å²) in [6.07, 6.45) is 1.84. The highest BCUT2D eigenvalue weighted by atomic mass is 35.5. The molecule has 2 amide bonds. The molecule has 2 aliphatic heterocycles. The first-order valence-electron chi connectivity index (χ1n) is 13.1. The van der Waals surface area contributed by atoms with E-state index in [1.54, 1.807) is 11.3 Å². The molecule has 6 nitrogen and oxygen atoms in total. The van der Waals surface area contributed by atoms with Gasteiger partial charge in [0.2, 0.25) is 11.8 Å². The van der Waals surface area contributed by atoms with E-state index >= 15 is 0 Å². The van der Waals surface area contributed by atoms with Crippen molar-refractivity contribution in [3.8, 4) is 11.1 Å². The first-order chi connectivity index (χ1) is 17.6. The number of fused-ring (bicyclic) bond motifs is 2. The molecule has 8 heteroatoms. The molecule has 3 fully saturated rings. The number of carbonyl (C=O) groups is 2. The monoisotopic (exact) mass is 536 g/mol. The van der Waals surface area contributed by atoms with Crippen molar-refractivity contribution in [2.24, 2.45) is 17.3 Å². The van der Waals surface area contributed by atoms with Crippen LogP contribution in [-0.4, -0.2) is 51.8 Å². The number of hydrogen-bond acceptors (Lipinski definition) is 6. The Hall–Kier alpha value is -2.32. The van der Waals surface area contributed by atoms with Gasteiger partial charge in [-0.25, -0.2) is 0 Å². The molecule has 1 saturated carbocycles. The smallest absolute Gasteiger partial charge is 0.234 e. The molecule has 2 aromatic heterocycles. The maximum atomic E-state index is 12.9. The van der Waals surface area contributed by atoms with Crippen molar-refractivity contribution in [1.29, 1.82) is 0 Å². The number of benzene rings is 1. The summed E-state index contributed by atoms with van der Waals surface area (Å²) in [7, 11) is 0. The number of pyridine rings is 1. The van der Waals surface area contributed by atoms with Crippen molar-refractivity contribution in [3.05, 3.63) is 51.5 Å². The summed E-state index contributed by atoms with van der Waals surface area (Å²) in [6, 6.07) is 9.09. The number of carbonyl (C=O) groups excluding carboxylic acids is 2. The summed E-state index contributed by atoms with van der Waals surface area (Å²) in [5, 5.41) is 4.29. The van der Waals surface area contributed by atoms with Crippen molar-refractivity contribution in [2.45, 2.75) is 59.8 Å². The fourth-order valence-electron chi connectivity index (χ4n) is 6.34. The third-order valence-electron chi connectivity index (χ3n) is 8.65. The second kappa shape index (κ2) is 8.87. The third-order valence-corrected chi connectivity index (χ3v) is 10.0. The van der Waals surface area contributed by atoms with E-state index in [-0.39, 0.29) is 29.1 Å². The van der Waals surface area contributed by atoms with Gasteiger partial charge in [0, 0.05) is 53.4 Å². The van der Waals surface area contributed by atoms with Crippen LogP contribution < -0.4 is 5.32 Å². The standard InChI is InChI=1S/C29H33ClN4O2S/c1-15-8-18(30)9-21(22(15)14-33-12-16(2)32-11-17(33)3)20-6-7-31-23-10-19(37-26(20)23)13-34-27(35)24-25(28(34)36)29(24,4)5/h6-10,16-17,24-25,32H,11-14H2,1-5H3/t16-,17+,24?,25?/m1/s1. The minimum atomic E-state index is -0.194. The molecular formula is C29H33ClN4O2S. The number of amides is 2. The number of aryl methyl sites for hydroxylation is 1. The van der Waals surface area contributed by atoms with Crippen molar-refractivity contribution in [1.82, 2.24) is 20.1 Å². The van der Waals surface area contributed by atoms with E-state index in [1.807, 2.05) is 32.2 Å². The molecule has 4 atom stereocenters. The van der Waals surface area contributed by atoms with Crippen LogP contribution in [0.1, 0.15) is 43.7 Å². The molecule has 3 aromatic rings. The minimum absolute atomic E-state index is 0.0299. The topological polar surface area (TPSA) is 65.5 Å². The average molecular weight is 537 g/mol. The number of piperidine rings is 1. The van der Waals surface area contributed by atoms with Crippen LogP contribution in [0.4, 0.5) is 0 Å². The van der Waals surface area contributed by atoms with Crippen LogP contribution >= 0.6 is 22.9 Å². The highest BCUT2D eigenvalue weighted by molar-refractivity contribution is 7.19. The fraction of sp³-hybridized carbons (Fsp3) is 0.483. The van der Waals surface area contributed by atoms with Crippen LogP contribution in [0.25, 0.3) is 21.3 Å². The SMILES string of the molecule is Cc1cc(Cl)cc(-c2ccnc3cc(CN4C(=O)C5C(C4=O)C5(C)C)sc23)c1CN1C[C@@H](C)NC[C@@H]1C. The van der Waals surface area contributed by atoms with Gasteiger partial charge in [0.25, 0.3) is 0 Å². The summed E-state index contributed by atoms with van der Waals surface area (Å²) >= 11 is 8.21. The summed E-state index contributed by atoms with van der Waals surface area (Å²) in [5.74, 6) is -0.374. The third kappa shape index (κ3) is 4.11. The largest absolute Gasteiger partial charge is 0.311 e. The molecule has 2 saturated heterocycles. The van der Waals surface area contributed by atoms with Gasteiger partial charge in [0.15, 0.2) is 0 Å². The van der Waals surface area contributed by atoms with Gasteiger partial charge in [0.1, 0.15) is 0 Å². The van der Waals surface area contributed by atoms with Gasteiger partial charge in [-0.3, -0.25) is 24.4 Å². The number of likely N-dealkylation sites (tertiary alicyclic amines) is 1. The molecule has 0 radical (unpaired) electrons.